The molecule has 0 bridgehead atoms. The van der Waals surface area contributed by atoms with Crippen molar-refractivity contribution in [1.29, 1.82) is 0 Å². The van der Waals surface area contributed by atoms with Crippen LogP contribution in [0.1, 0.15) is 61.6 Å². The van der Waals surface area contributed by atoms with Gasteiger partial charge in [0, 0.05) is 44.7 Å². The van der Waals surface area contributed by atoms with Crippen LogP contribution in [0.4, 0.5) is 0 Å². The largest absolute Gasteiger partial charge is 0.379 e. The molecule has 0 aliphatic carbocycles. The molecule has 34 heavy (non-hydrogen) atoms. The molecule has 2 aromatic rings. The van der Waals surface area contributed by atoms with Crippen LogP contribution in [0.25, 0.3) is 0 Å². The van der Waals surface area contributed by atoms with Crippen molar-refractivity contribution in [3.63, 3.8) is 0 Å². The topological polar surface area (TPSA) is 61.9 Å². The van der Waals surface area contributed by atoms with Crippen molar-refractivity contribution in [2.75, 3.05) is 45.9 Å². The second kappa shape index (κ2) is 12.1. The first kappa shape index (κ1) is 25.9. The molecule has 0 radical (unpaired) electrons. The second-order valence-electron chi connectivity index (χ2n) is 9.97. The minimum Gasteiger partial charge on any atom is -0.379 e. The lowest BCUT2D eigenvalue weighted by atomic mass is 9.86. The minimum atomic E-state index is -0.142. The SMILES string of the molecule is CC(c1ccccc1)N(CCC(=O)NCCN1CCOCC1)C(=O)c1ccc(C(C)(C)C)cc1. The van der Waals surface area contributed by atoms with E-state index < -0.39 is 0 Å². The van der Waals surface area contributed by atoms with E-state index in [0.717, 1.165) is 38.4 Å². The Labute approximate surface area is 204 Å². The van der Waals surface area contributed by atoms with Gasteiger partial charge >= 0.3 is 0 Å². The third-order valence-corrected chi connectivity index (χ3v) is 6.44. The lowest BCUT2D eigenvalue weighted by Gasteiger charge is -2.30. The van der Waals surface area contributed by atoms with Crippen LogP contribution in [-0.2, 0) is 14.9 Å². The Hall–Kier alpha value is -2.70. The third-order valence-electron chi connectivity index (χ3n) is 6.44. The number of nitrogens with zero attached hydrogens (tertiary/aromatic N) is 2. The van der Waals surface area contributed by atoms with Crippen LogP contribution in [0, 0.1) is 0 Å². The van der Waals surface area contributed by atoms with E-state index >= 15 is 0 Å². The van der Waals surface area contributed by atoms with E-state index in [2.05, 4.69) is 31.0 Å². The number of benzene rings is 2. The molecule has 184 valence electrons. The predicted molar refractivity (Wildman–Crippen MR) is 136 cm³/mol. The molecule has 0 aromatic heterocycles. The summed E-state index contributed by atoms with van der Waals surface area (Å²) in [5.41, 5.74) is 2.91. The van der Waals surface area contributed by atoms with E-state index in [0.29, 0.717) is 18.7 Å². The van der Waals surface area contributed by atoms with Gasteiger partial charge < -0.3 is 15.0 Å². The van der Waals surface area contributed by atoms with Crippen LogP contribution < -0.4 is 5.32 Å². The van der Waals surface area contributed by atoms with Crippen molar-refractivity contribution < 1.29 is 14.3 Å². The number of rotatable bonds is 9. The van der Waals surface area contributed by atoms with Gasteiger partial charge in [0.05, 0.1) is 19.3 Å². The number of amides is 2. The highest BCUT2D eigenvalue weighted by Gasteiger charge is 2.24. The maximum absolute atomic E-state index is 13.5. The van der Waals surface area contributed by atoms with Gasteiger partial charge in [0.15, 0.2) is 0 Å². The highest BCUT2D eigenvalue weighted by Crippen LogP contribution is 2.25. The Morgan fingerprint density at radius 3 is 2.29 bits per heavy atom. The number of nitrogens with one attached hydrogen (secondary N) is 1. The molecule has 6 nitrogen and oxygen atoms in total. The number of carbonyl (C=O) groups excluding carboxylic acids is 2. The Morgan fingerprint density at radius 1 is 1.03 bits per heavy atom. The van der Waals surface area contributed by atoms with Crippen molar-refractivity contribution in [3.8, 4) is 0 Å². The molecule has 2 amide bonds. The fourth-order valence-electron chi connectivity index (χ4n) is 4.15. The second-order valence-corrected chi connectivity index (χ2v) is 9.97. The quantitative estimate of drug-likeness (QED) is 0.608. The average Bonchev–Trinajstić information content (AvgIpc) is 2.84. The van der Waals surface area contributed by atoms with E-state index in [1.165, 1.54) is 5.56 Å². The fourth-order valence-corrected chi connectivity index (χ4v) is 4.15. The lowest BCUT2D eigenvalue weighted by Crippen LogP contribution is -2.42. The molecule has 1 atom stereocenters. The summed E-state index contributed by atoms with van der Waals surface area (Å²) in [6.45, 7) is 13.6. The van der Waals surface area contributed by atoms with E-state index in [1.807, 2.05) is 66.4 Å². The first-order valence-electron chi connectivity index (χ1n) is 12.3. The first-order valence-corrected chi connectivity index (χ1v) is 12.3. The number of ether oxygens (including phenoxy) is 1. The maximum atomic E-state index is 13.5. The molecule has 1 unspecified atom stereocenters. The summed E-state index contributed by atoms with van der Waals surface area (Å²) < 4.78 is 5.37. The van der Waals surface area contributed by atoms with Crippen molar-refractivity contribution in [3.05, 3.63) is 71.3 Å². The average molecular weight is 466 g/mol. The van der Waals surface area contributed by atoms with Gasteiger partial charge in [-0.25, -0.2) is 0 Å². The molecule has 0 spiro atoms. The molecular formula is C28H39N3O3. The monoisotopic (exact) mass is 465 g/mol. The van der Waals surface area contributed by atoms with E-state index in [4.69, 9.17) is 4.74 Å². The summed E-state index contributed by atoms with van der Waals surface area (Å²) in [7, 11) is 0. The van der Waals surface area contributed by atoms with Gasteiger partial charge in [-0.2, -0.15) is 0 Å². The normalized spacial score (nSPS) is 15.5. The van der Waals surface area contributed by atoms with Crippen LogP contribution >= 0.6 is 0 Å². The van der Waals surface area contributed by atoms with Crippen molar-refractivity contribution in [2.45, 2.75) is 45.6 Å². The van der Waals surface area contributed by atoms with Crippen LogP contribution in [0.5, 0.6) is 0 Å². The highest BCUT2D eigenvalue weighted by atomic mass is 16.5. The van der Waals surface area contributed by atoms with Crippen LogP contribution in [-0.4, -0.2) is 67.6 Å². The Kier molecular flexibility index (Phi) is 9.25. The third kappa shape index (κ3) is 7.40. The van der Waals surface area contributed by atoms with Gasteiger partial charge in [-0.3, -0.25) is 14.5 Å². The minimum absolute atomic E-state index is 0.0257. The zero-order chi connectivity index (χ0) is 24.6. The van der Waals surface area contributed by atoms with Crippen molar-refractivity contribution in [2.24, 2.45) is 0 Å². The van der Waals surface area contributed by atoms with Crippen molar-refractivity contribution >= 4 is 11.8 Å². The van der Waals surface area contributed by atoms with E-state index in [1.54, 1.807) is 0 Å². The van der Waals surface area contributed by atoms with Gasteiger partial charge in [0.2, 0.25) is 5.91 Å². The summed E-state index contributed by atoms with van der Waals surface area (Å²) in [5, 5.41) is 3.01. The number of hydrogen-bond acceptors (Lipinski definition) is 4. The van der Waals surface area contributed by atoms with Crippen LogP contribution in [0.15, 0.2) is 54.6 Å². The number of carbonyl (C=O) groups is 2. The molecular weight excluding hydrogens is 426 g/mol. The predicted octanol–water partition coefficient (Wildman–Crippen LogP) is 4.03. The lowest BCUT2D eigenvalue weighted by molar-refractivity contribution is -0.121. The van der Waals surface area contributed by atoms with Gasteiger partial charge in [-0.1, -0.05) is 63.2 Å². The van der Waals surface area contributed by atoms with Gasteiger partial charge in [0.1, 0.15) is 0 Å². The summed E-state index contributed by atoms with van der Waals surface area (Å²) >= 11 is 0. The van der Waals surface area contributed by atoms with Crippen LogP contribution in [0.2, 0.25) is 0 Å². The summed E-state index contributed by atoms with van der Waals surface area (Å²) in [5.74, 6) is -0.0904. The van der Waals surface area contributed by atoms with Crippen LogP contribution in [0.3, 0.4) is 0 Å². The molecule has 1 heterocycles. The van der Waals surface area contributed by atoms with E-state index in [9.17, 15) is 9.59 Å². The zero-order valence-corrected chi connectivity index (χ0v) is 21.0. The molecule has 1 N–H and O–H groups in total. The van der Waals surface area contributed by atoms with Gasteiger partial charge in [-0.05, 0) is 35.6 Å². The highest BCUT2D eigenvalue weighted by molar-refractivity contribution is 5.94. The Morgan fingerprint density at radius 2 is 1.68 bits per heavy atom. The Balaban J connectivity index is 1.64. The van der Waals surface area contributed by atoms with Gasteiger partial charge in [-0.15, -0.1) is 0 Å². The standard InChI is InChI=1S/C28H39N3O3/c1-22(23-8-6-5-7-9-23)31(27(33)24-10-12-25(13-11-24)28(2,3)4)16-14-26(32)29-15-17-30-18-20-34-21-19-30/h5-13,22H,14-21H2,1-4H3,(H,29,32). The maximum Gasteiger partial charge on any atom is 0.254 e. The molecule has 0 saturated carbocycles. The number of hydrogen-bond donors (Lipinski definition) is 1. The summed E-state index contributed by atoms with van der Waals surface area (Å²) in [6, 6.07) is 17.7. The summed E-state index contributed by atoms with van der Waals surface area (Å²) in [4.78, 5) is 30.2. The zero-order valence-electron chi connectivity index (χ0n) is 21.0. The van der Waals surface area contributed by atoms with E-state index in [-0.39, 0.29) is 29.7 Å². The molecule has 1 aliphatic heterocycles. The number of morpholine rings is 1. The Bertz CT molecular complexity index is 916. The molecule has 1 saturated heterocycles. The van der Waals surface area contributed by atoms with Crippen molar-refractivity contribution in [1.82, 2.24) is 15.1 Å². The first-order chi connectivity index (χ1) is 16.3. The molecule has 1 fully saturated rings. The molecule has 6 heteroatoms. The molecule has 1 aliphatic rings. The fraction of sp³-hybridized carbons (Fsp3) is 0.500. The summed E-state index contributed by atoms with van der Waals surface area (Å²) in [6.07, 6.45) is 0.270. The molecule has 3 rings (SSSR count). The van der Waals surface area contributed by atoms with Gasteiger partial charge in [0.25, 0.3) is 5.91 Å². The smallest absolute Gasteiger partial charge is 0.254 e. The molecule has 2 aromatic carbocycles.